The largest absolute Gasteiger partial charge is 0.508 e. The number of rotatable bonds is 0. The van der Waals surface area contributed by atoms with Gasteiger partial charge >= 0.3 is 0 Å². The maximum Gasteiger partial charge on any atom is 0.115 e. The minimum Gasteiger partial charge on any atom is -0.508 e. The standard InChI is InChI=1S/C6H6O.P.Pd/c7-6-4-2-1-3-5-6;;/h1-5,7H;;. The van der Waals surface area contributed by atoms with Crippen molar-refractivity contribution in [1.29, 1.82) is 0 Å². The molecule has 0 unspecified atom stereocenters. The van der Waals surface area contributed by atoms with Crippen molar-refractivity contribution in [3.8, 4) is 5.75 Å². The van der Waals surface area contributed by atoms with Gasteiger partial charge in [0, 0.05) is 30.3 Å². The summed E-state index contributed by atoms with van der Waals surface area (Å²) in [7, 11) is 0. The van der Waals surface area contributed by atoms with Crippen LogP contribution in [-0.4, -0.2) is 5.11 Å². The summed E-state index contributed by atoms with van der Waals surface area (Å²) in [6.07, 6.45) is 0. The number of aromatic hydroxyl groups is 1. The average molecular weight is 232 g/mol. The van der Waals surface area contributed by atoms with E-state index < -0.39 is 0 Å². The Labute approximate surface area is 71.8 Å². The molecule has 9 heavy (non-hydrogen) atoms. The summed E-state index contributed by atoms with van der Waals surface area (Å²) in [4.78, 5) is 0. The average Bonchev–Trinajstić information content (AvgIpc) is 1.69. The van der Waals surface area contributed by atoms with E-state index in [4.69, 9.17) is 5.11 Å². The van der Waals surface area contributed by atoms with E-state index in [0.717, 1.165) is 0 Å². The van der Waals surface area contributed by atoms with Gasteiger partial charge in [-0.3, -0.25) is 0 Å². The molecule has 0 fully saturated rings. The Morgan fingerprint density at radius 2 is 1.44 bits per heavy atom. The van der Waals surface area contributed by atoms with Gasteiger partial charge < -0.3 is 5.11 Å². The van der Waals surface area contributed by atoms with Gasteiger partial charge in [-0.15, -0.1) is 0 Å². The van der Waals surface area contributed by atoms with Crippen molar-refractivity contribution in [2.45, 2.75) is 0 Å². The fourth-order valence-corrected chi connectivity index (χ4v) is 0.428. The third kappa shape index (κ3) is 4.61. The SMILES string of the molecule is Oc1ccccc1.[P].[Pd]. The number of para-hydroxylation sites is 1. The molecule has 0 atom stereocenters. The molecule has 0 spiro atoms. The summed E-state index contributed by atoms with van der Waals surface area (Å²) in [5, 5.41) is 8.63. The van der Waals surface area contributed by atoms with Crippen molar-refractivity contribution in [3.05, 3.63) is 30.3 Å². The Hall–Kier alpha value is 0.112. The molecule has 1 nitrogen and oxygen atoms in total. The van der Waals surface area contributed by atoms with Crippen LogP contribution in [0.15, 0.2) is 30.3 Å². The molecule has 1 N–H and O–H groups in total. The van der Waals surface area contributed by atoms with Gasteiger partial charge in [-0.2, -0.15) is 0 Å². The van der Waals surface area contributed by atoms with Crippen molar-refractivity contribution >= 4 is 9.90 Å². The zero-order chi connectivity index (χ0) is 5.11. The molecule has 3 radical (unpaired) electrons. The zero-order valence-corrected chi connectivity index (χ0v) is 7.05. The van der Waals surface area contributed by atoms with Crippen molar-refractivity contribution in [3.63, 3.8) is 0 Å². The molecule has 3 heteroatoms. The normalized spacial score (nSPS) is 6.67. The smallest absolute Gasteiger partial charge is 0.115 e. The van der Waals surface area contributed by atoms with E-state index in [1.807, 2.05) is 6.07 Å². The first-order valence-corrected chi connectivity index (χ1v) is 2.13. The molecule has 0 amide bonds. The van der Waals surface area contributed by atoms with Gasteiger partial charge in [0.2, 0.25) is 0 Å². The van der Waals surface area contributed by atoms with Crippen molar-refractivity contribution in [2.24, 2.45) is 0 Å². The van der Waals surface area contributed by atoms with Crippen LogP contribution in [0, 0.1) is 0 Å². The van der Waals surface area contributed by atoms with Crippen LogP contribution in [0.1, 0.15) is 0 Å². The Bertz CT molecular complexity index is 143. The summed E-state index contributed by atoms with van der Waals surface area (Å²) < 4.78 is 0. The molecule has 1 rings (SSSR count). The molecule has 1 aromatic rings. The monoisotopic (exact) mass is 231 g/mol. The summed E-state index contributed by atoms with van der Waals surface area (Å²) in [6.45, 7) is 0. The molecule has 51 valence electrons. The first-order valence-electron chi connectivity index (χ1n) is 2.13. The van der Waals surface area contributed by atoms with E-state index in [9.17, 15) is 0 Å². The third-order valence-corrected chi connectivity index (χ3v) is 0.756. The minimum atomic E-state index is 0. The maximum atomic E-state index is 8.63. The van der Waals surface area contributed by atoms with Gasteiger partial charge in [0.1, 0.15) is 5.75 Å². The van der Waals surface area contributed by atoms with Crippen LogP contribution >= 0.6 is 9.90 Å². The Morgan fingerprint density at radius 1 is 1.00 bits per heavy atom. The van der Waals surface area contributed by atoms with Crippen LogP contribution in [0.4, 0.5) is 0 Å². The number of phenolic OH excluding ortho intramolecular Hbond substituents is 1. The van der Waals surface area contributed by atoms with Gasteiger partial charge in [-0.1, -0.05) is 18.2 Å². The van der Waals surface area contributed by atoms with Crippen LogP contribution < -0.4 is 0 Å². The molecule has 0 aromatic heterocycles. The molecule has 0 aliphatic heterocycles. The second-order valence-corrected chi connectivity index (χ2v) is 1.34. The Kier molecular flexibility index (Phi) is 8.21. The minimum absolute atomic E-state index is 0. The number of phenols is 1. The Morgan fingerprint density at radius 3 is 1.67 bits per heavy atom. The fraction of sp³-hybridized carbons (Fsp3) is 0. The first-order chi connectivity index (χ1) is 3.39. The molecule has 0 bridgehead atoms. The summed E-state index contributed by atoms with van der Waals surface area (Å²) in [6, 6.07) is 8.71. The van der Waals surface area contributed by atoms with Crippen LogP contribution in [0.2, 0.25) is 0 Å². The molecular weight excluding hydrogens is 225 g/mol. The van der Waals surface area contributed by atoms with Gasteiger partial charge in [0.05, 0.1) is 0 Å². The fourth-order valence-electron chi connectivity index (χ4n) is 0.428. The van der Waals surface area contributed by atoms with Gasteiger partial charge in [-0.25, -0.2) is 0 Å². The van der Waals surface area contributed by atoms with Gasteiger partial charge in [0.15, 0.2) is 0 Å². The second-order valence-electron chi connectivity index (χ2n) is 1.34. The van der Waals surface area contributed by atoms with E-state index in [1.165, 1.54) is 0 Å². The van der Waals surface area contributed by atoms with Crippen LogP contribution in [0.3, 0.4) is 0 Å². The van der Waals surface area contributed by atoms with E-state index in [-0.39, 0.29) is 30.3 Å². The van der Waals surface area contributed by atoms with Gasteiger partial charge in [-0.05, 0) is 12.1 Å². The predicted octanol–water partition coefficient (Wildman–Crippen LogP) is 2.25. The summed E-state index contributed by atoms with van der Waals surface area (Å²) in [5.41, 5.74) is 0. The third-order valence-electron chi connectivity index (χ3n) is 0.756. The zero-order valence-electron chi connectivity index (χ0n) is 4.60. The molecule has 0 aliphatic rings. The van der Waals surface area contributed by atoms with E-state index in [1.54, 1.807) is 24.3 Å². The van der Waals surface area contributed by atoms with Crippen LogP contribution in [0.25, 0.3) is 0 Å². The molecule has 1 aromatic carbocycles. The van der Waals surface area contributed by atoms with E-state index in [2.05, 4.69) is 0 Å². The summed E-state index contributed by atoms with van der Waals surface area (Å²) in [5.74, 6) is 0.322. The van der Waals surface area contributed by atoms with E-state index in [0.29, 0.717) is 5.75 Å². The van der Waals surface area contributed by atoms with Crippen molar-refractivity contribution < 1.29 is 25.5 Å². The Balaban J connectivity index is 0. The molecule has 0 heterocycles. The number of hydrogen-bond acceptors (Lipinski definition) is 1. The molecule has 0 aliphatic carbocycles. The topological polar surface area (TPSA) is 20.2 Å². The maximum absolute atomic E-state index is 8.63. The number of hydrogen-bond donors (Lipinski definition) is 1. The van der Waals surface area contributed by atoms with E-state index >= 15 is 0 Å². The second kappa shape index (κ2) is 6.24. The first kappa shape index (κ1) is 11.9. The van der Waals surface area contributed by atoms with Crippen molar-refractivity contribution in [1.82, 2.24) is 0 Å². The van der Waals surface area contributed by atoms with Crippen LogP contribution in [-0.2, 0) is 20.4 Å². The van der Waals surface area contributed by atoms with Crippen LogP contribution in [0.5, 0.6) is 5.75 Å². The quantitative estimate of drug-likeness (QED) is 0.536. The molecular formula is C6H6OPPd. The molecule has 0 saturated carbocycles. The summed E-state index contributed by atoms with van der Waals surface area (Å²) >= 11 is 0. The number of benzene rings is 1. The van der Waals surface area contributed by atoms with Gasteiger partial charge in [0.25, 0.3) is 0 Å². The predicted molar refractivity (Wildman–Crippen MR) is 35.0 cm³/mol. The van der Waals surface area contributed by atoms with Crippen molar-refractivity contribution in [2.75, 3.05) is 0 Å². The molecule has 0 saturated heterocycles.